The van der Waals surface area contributed by atoms with Crippen molar-refractivity contribution in [2.24, 2.45) is 0 Å². The van der Waals surface area contributed by atoms with E-state index in [1.165, 1.54) is 17.4 Å². The van der Waals surface area contributed by atoms with Gasteiger partial charge in [0.25, 0.3) is 0 Å². The van der Waals surface area contributed by atoms with Gasteiger partial charge in [-0.15, -0.1) is 11.3 Å². The van der Waals surface area contributed by atoms with Crippen LogP contribution < -0.4 is 0 Å². The van der Waals surface area contributed by atoms with Crippen molar-refractivity contribution in [3.05, 3.63) is 65.2 Å². The van der Waals surface area contributed by atoms with Gasteiger partial charge in [0, 0.05) is 36.8 Å². The van der Waals surface area contributed by atoms with Crippen molar-refractivity contribution in [3.8, 4) is 11.6 Å². The summed E-state index contributed by atoms with van der Waals surface area (Å²) in [5.74, 6) is 0.200. The van der Waals surface area contributed by atoms with Gasteiger partial charge in [0.05, 0.1) is 9.71 Å². The van der Waals surface area contributed by atoms with E-state index in [9.17, 15) is 8.78 Å². The summed E-state index contributed by atoms with van der Waals surface area (Å²) in [6.07, 6.45) is 7.74. The second-order valence-electron chi connectivity index (χ2n) is 6.15. The zero-order valence-electron chi connectivity index (χ0n) is 13.3. The summed E-state index contributed by atoms with van der Waals surface area (Å²) in [5, 5.41) is 0.824. The summed E-state index contributed by atoms with van der Waals surface area (Å²) in [7, 11) is 0. The van der Waals surface area contributed by atoms with E-state index in [1.54, 1.807) is 30.9 Å². The van der Waals surface area contributed by atoms with Gasteiger partial charge in [-0.1, -0.05) is 0 Å². The molecule has 0 spiro atoms. The first-order valence-electron chi connectivity index (χ1n) is 8.04. The predicted molar refractivity (Wildman–Crippen MR) is 92.7 cm³/mol. The number of hydrogen-bond acceptors (Lipinski definition) is 6. The molecule has 2 atom stereocenters. The molecule has 4 aromatic rings. The molecule has 26 heavy (non-hydrogen) atoms. The van der Waals surface area contributed by atoms with E-state index in [4.69, 9.17) is 0 Å². The van der Waals surface area contributed by atoms with Crippen molar-refractivity contribution >= 4 is 21.6 Å². The molecular formula is C18H11F2N5S. The first-order chi connectivity index (χ1) is 12.7. The fraction of sp³-hybridized carbons (Fsp3) is 0.167. The van der Waals surface area contributed by atoms with Gasteiger partial charge in [-0.3, -0.25) is 0 Å². The van der Waals surface area contributed by atoms with Crippen molar-refractivity contribution in [2.75, 3.05) is 0 Å². The van der Waals surface area contributed by atoms with Crippen molar-refractivity contribution in [1.82, 2.24) is 24.9 Å². The van der Waals surface area contributed by atoms with Crippen LogP contribution in [0.4, 0.5) is 8.78 Å². The zero-order chi connectivity index (χ0) is 17.7. The minimum atomic E-state index is -0.616. The maximum Gasteiger partial charge on any atom is 0.197 e. The van der Waals surface area contributed by atoms with Crippen LogP contribution in [0.3, 0.4) is 0 Å². The maximum atomic E-state index is 13.8. The lowest BCUT2D eigenvalue weighted by atomic mass is 10.2. The van der Waals surface area contributed by atoms with Gasteiger partial charge < -0.3 is 0 Å². The van der Waals surface area contributed by atoms with Crippen LogP contribution in [0.5, 0.6) is 0 Å². The highest BCUT2D eigenvalue weighted by Gasteiger charge is 2.42. The lowest BCUT2D eigenvalue weighted by Crippen LogP contribution is -1.95. The molecule has 0 radical (unpaired) electrons. The number of hydrogen-bond donors (Lipinski definition) is 0. The summed E-state index contributed by atoms with van der Waals surface area (Å²) >= 11 is 1.34. The summed E-state index contributed by atoms with van der Waals surface area (Å²) in [6, 6.07) is 3.93. The lowest BCUT2D eigenvalue weighted by molar-refractivity contribution is 0.591. The number of aromatic nitrogens is 5. The molecule has 0 saturated heterocycles. The summed E-state index contributed by atoms with van der Waals surface area (Å²) in [6.45, 7) is 0. The molecule has 128 valence electrons. The Bertz CT molecular complexity index is 1100. The van der Waals surface area contributed by atoms with Gasteiger partial charge in [0.15, 0.2) is 17.5 Å². The van der Waals surface area contributed by atoms with Crippen molar-refractivity contribution < 1.29 is 8.78 Å². The van der Waals surface area contributed by atoms with E-state index in [2.05, 4.69) is 24.9 Å². The Morgan fingerprint density at radius 1 is 0.923 bits per heavy atom. The van der Waals surface area contributed by atoms with Gasteiger partial charge >= 0.3 is 0 Å². The Kier molecular flexibility index (Phi) is 3.46. The smallest absolute Gasteiger partial charge is 0.197 e. The molecule has 0 bridgehead atoms. The summed E-state index contributed by atoms with van der Waals surface area (Å²) < 4.78 is 27.7. The average Bonchev–Trinajstić information content (AvgIpc) is 3.35. The molecule has 5 rings (SSSR count). The topological polar surface area (TPSA) is 64.5 Å². The van der Waals surface area contributed by atoms with Crippen LogP contribution in [0.15, 0.2) is 43.0 Å². The third-order valence-electron chi connectivity index (χ3n) is 4.40. The van der Waals surface area contributed by atoms with E-state index in [0.717, 1.165) is 23.1 Å². The minimum absolute atomic E-state index is 0.192. The standard InChI is InChI=1S/C18H11F2N5S/c19-10-4-13(20)15-14(5-10)26-18(25-15)12-6-11(12)9-7-23-17(24-8-9)16-21-2-1-3-22-16/h1-5,7-8,11-12H,6H2/t11-,12-/m1/s1. The van der Waals surface area contributed by atoms with Crippen LogP contribution in [0.2, 0.25) is 0 Å². The highest BCUT2D eigenvalue weighted by Crippen LogP contribution is 2.55. The van der Waals surface area contributed by atoms with Gasteiger partial charge in [0.2, 0.25) is 0 Å². The highest BCUT2D eigenvalue weighted by atomic mass is 32.1. The number of nitrogens with zero attached hydrogens (tertiary/aromatic N) is 5. The quantitative estimate of drug-likeness (QED) is 0.546. The molecule has 8 heteroatoms. The average molecular weight is 367 g/mol. The van der Waals surface area contributed by atoms with Crippen LogP contribution in [0.25, 0.3) is 21.9 Å². The Labute approximate surface area is 150 Å². The molecule has 0 amide bonds. The van der Waals surface area contributed by atoms with Crippen LogP contribution >= 0.6 is 11.3 Å². The monoisotopic (exact) mass is 367 g/mol. The van der Waals surface area contributed by atoms with E-state index in [-0.39, 0.29) is 17.4 Å². The van der Waals surface area contributed by atoms with E-state index < -0.39 is 11.6 Å². The van der Waals surface area contributed by atoms with Crippen molar-refractivity contribution in [3.63, 3.8) is 0 Å². The number of benzene rings is 1. The third-order valence-corrected chi connectivity index (χ3v) is 5.54. The van der Waals surface area contributed by atoms with Gasteiger partial charge in [-0.2, -0.15) is 0 Å². The van der Waals surface area contributed by atoms with Crippen LogP contribution in [-0.2, 0) is 0 Å². The molecule has 1 saturated carbocycles. The normalized spacial score (nSPS) is 19.0. The zero-order valence-corrected chi connectivity index (χ0v) is 14.1. The Morgan fingerprint density at radius 3 is 2.42 bits per heavy atom. The minimum Gasteiger partial charge on any atom is -0.238 e. The number of fused-ring (bicyclic) bond motifs is 1. The largest absolute Gasteiger partial charge is 0.238 e. The number of thiazole rings is 1. The molecule has 0 unspecified atom stereocenters. The van der Waals surface area contributed by atoms with Crippen molar-refractivity contribution in [2.45, 2.75) is 18.3 Å². The Balaban J connectivity index is 1.40. The van der Waals surface area contributed by atoms with Crippen LogP contribution in [0, 0.1) is 11.6 Å². The molecule has 0 aliphatic heterocycles. The first-order valence-corrected chi connectivity index (χ1v) is 8.85. The van der Waals surface area contributed by atoms with Crippen LogP contribution in [0.1, 0.15) is 28.8 Å². The molecule has 1 aromatic carbocycles. The van der Waals surface area contributed by atoms with E-state index in [1.807, 2.05) is 0 Å². The maximum absolute atomic E-state index is 13.8. The second kappa shape index (κ2) is 5.84. The van der Waals surface area contributed by atoms with Crippen LogP contribution in [-0.4, -0.2) is 24.9 Å². The third kappa shape index (κ3) is 2.62. The Hall–Kier alpha value is -2.87. The molecule has 0 N–H and O–H groups in total. The number of halogens is 2. The van der Waals surface area contributed by atoms with E-state index in [0.29, 0.717) is 16.3 Å². The fourth-order valence-corrected chi connectivity index (χ4v) is 4.21. The molecular weight excluding hydrogens is 356 g/mol. The van der Waals surface area contributed by atoms with E-state index >= 15 is 0 Å². The van der Waals surface area contributed by atoms with Gasteiger partial charge in [-0.05, 0) is 30.0 Å². The van der Waals surface area contributed by atoms with Gasteiger partial charge in [-0.25, -0.2) is 33.7 Å². The summed E-state index contributed by atoms with van der Waals surface area (Å²) in [5.41, 5.74) is 1.24. The molecule has 5 nitrogen and oxygen atoms in total. The molecule has 1 fully saturated rings. The second-order valence-corrected chi connectivity index (χ2v) is 7.21. The first kappa shape index (κ1) is 15.4. The van der Waals surface area contributed by atoms with Gasteiger partial charge in [0.1, 0.15) is 11.3 Å². The lowest BCUT2D eigenvalue weighted by Gasteiger charge is -2.00. The highest BCUT2D eigenvalue weighted by molar-refractivity contribution is 7.18. The summed E-state index contributed by atoms with van der Waals surface area (Å²) in [4.78, 5) is 21.3. The SMILES string of the molecule is Fc1cc(F)c2nc([C@@H]3C[C@@H]3c3cnc(-c4ncccn4)nc3)sc2c1. The molecule has 3 heterocycles. The van der Waals surface area contributed by atoms with Crippen molar-refractivity contribution in [1.29, 1.82) is 0 Å². The predicted octanol–water partition coefficient (Wildman–Crippen LogP) is 4.09. The molecule has 1 aliphatic carbocycles. The molecule has 3 aromatic heterocycles. The fourth-order valence-electron chi connectivity index (χ4n) is 3.03. The number of rotatable bonds is 3. The Morgan fingerprint density at radius 2 is 1.65 bits per heavy atom. The molecule has 1 aliphatic rings.